The largest absolute Gasteiger partial charge is 0.487 e. The molecule has 3 aromatic carbocycles. The highest BCUT2D eigenvalue weighted by atomic mass is 19.1. The first kappa shape index (κ1) is 27.2. The van der Waals surface area contributed by atoms with E-state index >= 15 is 4.39 Å². The van der Waals surface area contributed by atoms with Gasteiger partial charge >= 0.3 is 0 Å². The van der Waals surface area contributed by atoms with Gasteiger partial charge in [0.2, 0.25) is 17.6 Å². The van der Waals surface area contributed by atoms with E-state index in [0.717, 1.165) is 23.1 Å². The van der Waals surface area contributed by atoms with E-state index in [1.807, 2.05) is 0 Å². The third-order valence-electron chi connectivity index (χ3n) is 7.10. The minimum absolute atomic E-state index is 0.0348. The smallest absolute Gasteiger partial charge is 0.247 e. The van der Waals surface area contributed by atoms with Crippen LogP contribution in [-0.4, -0.2) is 48.3 Å². The lowest BCUT2D eigenvalue weighted by Crippen LogP contribution is -2.41. The molecule has 1 aliphatic carbocycles. The number of carbonyl (C=O) groups is 2. The molecule has 4 aromatic rings. The van der Waals surface area contributed by atoms with E-state index in [2.05, 4.69) is 4.98 Å². The number of rotatable bonds is 9. The highest BCUT2D eigenvalue weighted by molar-refractivity contribution is 6.16. The molecule has 10 nitrogen and oxygen atoms in total. The van der Waals surface area contributed by atoms with Crippen molar-refractivity contribution in [3.05, 3.63) is 72.4 Å². The van der Waals surface area contributed by atoms with Gasteiger partial charge in [-0.2, -0.15) is 0 Å². The number of nitrogens with zero attached hydrogens (tertiary/aromatic N) is 2. The van der Waals surface area contributed by atoms with Crippen molar-refractivity contribution in [2.75, 3.05) is 31.3 Å². The quantitative estimate of drug-likeness (QED) is 0.280. The standard InChI is InChI=1S/C30H25F2N3O7/c31-17-1-3-18(4-2-17)35(29(38)30(8-9-30)28(33)37)19-5-6-22(20(32)15-19)42-23-7-10-34-21-16-24(39-12-11-36)26-27(25(21)23)41-14-13-40-26/h1-7,10,15-16,36H,8-9,11-14H2,(H2,33,37). The van der Waals surface area contributed by atoms with Gasteiger partial charge in [0.15, 0.2) is 23.1 Å². The fourth-order valence-corrected chi connectivity index (χ4v) is 4.83. The van der Waals surface area contributed by atoms with Gasteiger partial charge in [0.25, 0.3) is 0 Å². The Hall–Kier alpha value is -4.97. The number of anilines is 2. The van der Waals surface area contributed by atoms with Crippen molar-refractivity contribution in [3.8, 4) is 28.7 Å². The summed E-state index contributed by atoms with van der Waals surface area (Å²) in [5.41, 5.74) is 4.90. The zero-order valence-electron chi connectivity index (χ0n) is 22.1. The second kappa shape index (κ2) is 10.8. The molecule has 1 fully saturated rings. The first-order valence-electron chi connectivity index (χ1n) is 13.1. The monoisotopic (exact) mass is 577 g/mol. The maximum atomic E-state index is 15.6. The second-order valence-electron chi connectivity index (χ2n) is 9.79. The summed E-state index contributed by atoms with van der Waals surface area (Å²) in [4.78, 5) is 31.2. The van der Waals surface area contributed by atoms with E-state index in [1.165, 1.54) is 30.5 Å². The predicted octanol–water partition coefficient (Wildman–Crippen LogP) is 4.38. The minimum Gasteiger partial charge on any atom is -0.487 e. The van der Waals surface area contributed by atoms with Crippen LogP contribution < -0.4 is 29.6 Å². The maximum Gasteiger partial charge on any atom is 0.247 e. The van der Waals surface area contributed by atoms with Crippen molar-refractivity contribution in [1.29, 1.82) is 0 Å². The molecule has 0 atom stereocenters. The molecule has 3 N–H and O–H groups in total. The van der Waals surface area contributed by atoms with E-state index in [0.29, 0.717) is 28.2 Å². The first-order valence-corrected chi connectivity index (χ1v) is 13.1. The van der Waals surface area contributed by atoms with Gasteiger partial charge in [0.05, 0.1) is 23.2 Å². The molecule has 0 spiro atoms. The molecular formula is C30H25F2N3O7. The molecule has 2 heterocycles. The third kappa shape index (κ3) is 4.79. The van der Waals surface area contributed by atoms with Crippen LogP contribution in [0.15, 0.2) is 60.8 Å². The van der Waals surface area contributed by atoms with Crippen LogP contribution in [0.2, 0.25) is 0 Å². The number of amides is 2. The number of pyridine rings is 1. The van der Waals surface area contributed by atoms with Gasteiger partial charge in [0, 0.05) is 24.0 Å². The van der Waals surface area contributed by atoms with E-state index in [4.69, 9.17) is 24.7 Å². The summed E-state index contributed by atoms with van der Waals surface area (Å²) < 4.78 is 52.5. The number of aromatic nitrogens is 1. The zero-order chi connectivity index (χ0) is 29.4. The Morgan fingerprint density at radius 1 is 0.952 bits per heavy atom. The van der Waals surface area contributed by atoms with Crippen LogP contribution in [-0.2, 0) is 9.59 Å². The average molecular weight is 578 g/mol. The highest BCUT2D eigenvalue weighted by Crippen LogP contribution is 2.50. The number of halogens is 2. The van der Waals surface area contributed by atoms with E-state index < -0.39 is 28.9 Å². The van der Waals surface area contributed by atoms with Crippen molar-refractivity contribution < 1.29 is 42.4 Å². The van der Waals surface area contributed by atoms with Crippen LogP contribution in [0.4, 0.5) is 20.2 Å². The van der Waals surface area contributed by atoms with E-state index in [9.17, 15) is 19.1 Å². The number of hydrogen-bond acceptors (Lipinski definition) is 8. The summed E-state index contributed by atoms with van der Waals surface area (Å²) in [7, 11) is 0. The number of aliphatic hydroxyl groups excluding tert-OH is 1. The number of carbonyl (C=O) groups excluding carboxylic acids is 2. The van der Waals surface area contributed by atoms with Gasteiger partial charge in [-0.25, -0.2) is 8.78 Å². The summed E-state index contributed by atoms with van der Waals surface area (Å²) in [5, 5.41) is 9.60. The number of ether oxygens (including phenoxy) is 4. The number of hydrogen-bond donors (Lipinski definition) is 2. The molecule has 12 heteroatoms. The number of aliphatic hydroxyl groups is 1. The fourth-order valence-electron chi connectivity index (χ4n) is 4.83. The van der Waals surface area contributed by atoms with Crippen LogP contribution >= 0.6 is 0 Å². The number of nitrogens with two attached hydrogens (primary N) is 1. The number of benzene rings is 3. The number of primary amides is 1. The molecule has 42 heavy (non-hydrogen) atoms. The second-order valence-corrected chi connectivity index (χ2v) is 9.79. The molecule has 1 aromatic heterocycles. The third-order valence-corrected chi connectivity index (χ3v) is 7.10. The summed E-state index contributed by atoms with van der Waals surface area (Å²) >= 11 is 0. The molecule has 1 saturated carbocycles. The van der Waals surface area contributed by atoms with Crippen LogP contribution in [0, 0.1) is 17.0 Å². The van der Waals surface area contributed by atoms with Gasteiger partial charge < -0.3 is 29.8 Å². The predicted molar refractivity (Wildman–Crippen MR) is 146 cm³/mol. The van der Waals surface area contributed by atoms with Gasteiger partial charge in [0.1, 0.15) is 36.8 Å². The normalized spacial score (nSPS) is 14.7. The number of fused-ring (bicyclic) bond motifs is 3. The van der Waals surface area contributed by atoms with Crippen molar-refractivity contribution in [3.63, 3.8) is 0 Å². The fraction of sp³-hybridized carbons (Fsp3) is 0.233. The Morgan fingerprint density at radius 3 is 2.33 bits per heavy atom. The Balaban J connectivity index is 1.38. The molecule has 2 aliphatic rings. The molecule has 0 saturated heterocycles. The summed E-state index contributed by atoms with van der Waals surface area (Å²) in [6.07, 6.45) is 2.00. The maximum absolute atomic E-state index is 15.6. The lowest BCUT2D eigenvalue weighted by Gasteiger charge is -2.27. The lowest BCUT2D eigenvalue weighted by molar-refractivity contribution is -0.133. The Morgan fingerprint density at radius 2 is 1.67 bits per heavy atom. The Labute approximate surface area is 238 Å². The van der Waals surface area contributed by atoms with Gasteiger partial charge in [-0.15, -0.1) is 0 Å². The van der Waals surface area contributed by atoms with Crippen molar-refractivity contribution in [2.24, 2.45) is 11.1 Å². The lowest BCUT2D eigenvalue weighted by atomic mass is 10.0. The van der Waals surface area contributed by atoms with Crippen molar-refractivity contribution in [1.82, 2.24) is 4.98 Å². The van der Waals surface area contributed by atoms with E-state index in [-0.39, 0.29) is 62.1 Å². The molecule has 0 bridgehead atoms. The molecule has 2 amide bonds. The molecule has 216 valence electrons. The average Bonchev–Trinajstić information content (AvgIpc) is 3.81. The molecule has 0 unspecified atom stereocenters. The van der Waals surface area contributed by atoms with Crippen molar-refractivity contribution >= 4 is 34.1 Å². The van der Waals surface area contributed by atoms with Crippen LogP contribution in [0.25, 0.3) is 10.9 Å². The van der Waals surface area contributed by atoms with Crippen LogP contribution in [0.5, 0.6) is 28.7 Å². The molecule has 0 radical (unpaired) electrons. The van der Waals surface area contributed by atoms with Gasteiger partial charge in [-0.3, -0.25) is 19.5 Å². The minimum atomic E-state index is -1.41. The van der Waals surface area contributed by atoms with Crippen molar-refractivity contribution in [2.45, 2.75) is 12.8 Å². The van der Waals surface area contributed by atoms with E-state index in [1.54, 1.807) is 12.1 Å². The molecule has 1 aliphatic heterocycles. The topological polar surface area (TPSA) is 133 Å². The van der Waals surface area contributed by atoms with Gasteiger partial charge in [-0.05, 0) is 55.3 Å². The van der Waals surface area contributed by atoms with Crippen LogP contribution in [0.1, 0.15) is 12.8 Å². The Kier molecular flexibility index (Phi) is 6.99. The highest BCUT2D eigenvalue weighted by Gasteiger charge is 2.57. The first-order chi connectivity index (χ1) is 20.3. The SMILES string of the molecule is NC(=O)C1(C(=O)N(c2ccc(F)cc2)c2ccc(Oc3ccnc4cc(OCCO)c5c(c34)OCCO5)c(F)c2)CC1. The molecular weight excluding hydrogens is 552 g/mol. The van der Waals surface area contributed by atoms with Gasteiger partial charge in [-0.1, -0.05) is 0 Å². The summed E-state index contributed by atoms with van der Waals surface area (Å²) in [6, 6.07) is 12.1. The zero-order valence-corrected chi connectivity index (χ0v) is 22.1. The summed E-state index contributed by atoms with van der Waals surface area (Å²) in [6.45, 7) is 0.365. The Bertz CT molecular complexity index is 1690. The van der Waals surface area contributed by atoms with Crippen LogP contribution in [0.3, 0.4) is 0 Å². The summed E-state index contributed by atoms with van der Waals surface area (Å²) in [5.74, 6) is -1.73. The molecule has 6 rings (SSSR count).